The Labute approximate surface area is 139 Å². The summed E-state index contributed by atoms with van der Waals surface area (Å²) in [6, 6.07) is 11.1. The van der Waals surface area contributed by atoms with Crippen molar-refractivity contribution in [1.29, 1.82) is 0 Å². The summed E-state index contributed by atoms with van der Waals surface area (Å²) in [5.74, 6) is -0.00541. The number of likely N-dealkylation sites (tertiary alicyclic amines) is 1. The molecule has 2 aromatic rings. The molecule has 0 radical (unpaired) electrons. The largest absolute Gasteiger partial charge is 0.341 e. The van der Waals surface area contributed by atoms with Crippen LogP contribution in [0.25, 0.3) is 11.3 Å². The minimum Gasteiger partial charge on any atom is -0.341 e. The highest BCUT2D eigenvalue weighted by Crippen LogP contribution is 2.19. The fourth-order valence-electron chi connectivity index (χ4n) is 2.74. The average molecular weight is 329 g/mol. The van der Waals surface area contributed by atoms with Crippen molar-refractivity contribution in [2.45, 2.75) is 24.5 Å². The summed E-state index contributed by atoms with van der Waals surface area (Å²) in [5.41, 5.74) is 1.36. The molecule has 0 unspecified atom stereocenters. The smallest absolute Gasteiger partial charge is 0.255 e. The van der Waals surface area contributed by atoms with Crippen LogP contribution in [0.15, 0.2) is 46.3 Å². The summed E-state index contributed by atoms with van der Waals surface area (Å²) in [7, 11) is 0. The van der Waals surface area contributed by atoms with Gasteiger partial charge in [0, 0.05) is 24.7 Å². The van der Waals surface area contributed by atoms with Crippen molar-refractivity contribution < 1.29 is 4.79 Å². The number of hydrogen-bond donors (Lipinski definition) is 0. The fraction of sp³-hybridized carbons (Fsp3) is 0.353. The predicted octanol–water partition coefficient (Wildman–Crippen LogP) is 2.25. The van der Waals surface area contributed by atoms with Crippen molar-refractivity contribution >= 4 is 17.7 Å². The number of carbonyl (C=O) groups excluding carboxylic acids is 1. The lowest BCUT2D eigenvalue weighted by Crippen LogP contribution is -2.35. The second kappa shape index (κ2) is 7.00. The molecule has 1 amide bonds. The topological polar surface area (TPSA) is 55.2 Å². The lowest BCUT2D eigenvalue weighted by Gasteiger charge is -2.17. The van der Waals surface area contributed by atoms with Gasteiger partial charge >= 0.3 is 0 Å². The molecule has 1 saturated heterocycles. The van der Waals surface area contributed by atoms with Crippen molar-refractivity contribution in [3.8, 4) is 11.3 Å². The molecule has 23 heavy (non-hydrogen) atoms. The number of carbonyl (C=O) groups is 1. The highest BCUT2D eigenvalue weighted by molar-refractivity contribution is 7.98. The van der Waals surface area contributed by atoms with Crippen LogP contribution >= 0.6 is 11.8 Å². The number of benzene rings is 1. The van der Waals surface area contributed by atoms with E-state index in [0.717, 1.165) is 31.5 Å². The molecular weight excluding hydrogens is 310 g/mol. The first kappa shape index (κ1) is 15.8. The summed E-state index contributed by atoms with van der Waals surface area (Å²) in [6.45, 7) is 1.65. The van der Waals surface area contributed by atoms with Gasteiger partial charge in [0.25, 0.3) is 5.56 Å². The monoisotopic (exact) mass is 329 g/mol. The van der Waals surface area contributed by atoms with E-state index >= 15 is 0 Å². The molecule has 1 aromatic carbocycles. The number of rotatable bonds is 4. The Balaban J connectivity index is 1.92. The fourth-order valence-corrected chi connectivity index (χ4v) is 3.31. The molecule has 3 rings (SSSR count). The molecule has 2 heterocycles. The van der Waals surface area contributed by atoms with Gasteiger partial charge < -0.3 is 4.90 Å². The molecular formula is C17H19N3O2S. The van der Waals surface area contributed by atoms with Crippen LogP contribution in [0.2, 0.25) is 0 Å². The van der Waals surface area contributed by atoms with Crippen molar-refractivity contribution in [2.75, 3.05) is 19.3 Å². The molecule has 0 bridgehead atoms. The number of thioether (sulfide) groups is 1. The third-order valence-electron chi connectivity index (χ3n) is 3.98. The standard InChI is InChI=1S/C17H19N3O2S/c1-23-17-18-14(13-7-3-2-4-8-13)11-15(21)20(17)12-16(22)19-9-5-6-10-19/h2-4,7-8,11H,5-6,9-10,12H2,1H3. The first-order valence-corrected chi connectivity index (χ1v) is 8.90. The van der Waals surface area contributed by atoms with Crippen LogP contribution < -0.4 is 5.56 Å². The van der Waals surface area contributed by atoms with Crippen LogP contribution in [0, 0.1) is 0 Å². The summed E-state index contributed by atoms with van der Waals surface area (Å²) in [6.07, 6.45) is 3.95. The van der Waals surface area contributed by atoms with E-state index in [2.05, 4.69) is 4.98 Å². The van der Waals surface area contributed by atoms with Crippen molar-refractivity contribution in [3.05, 3.63) is 46.8 Å². The van der Waals surface area contributed by atoms with Crippen LogP contribution in [0.1, 0.15) is 12.8 Å². The van der Waals surface area contributed by atoms with Gasteiger partial charge in [0.15, 0.2) is 5.16 Å². The average Bonchev–Trinajstić information content (AvgIpc) is 3.12. The lowest BCUT2D eigenvalue weighted by molar-refractivity contribution is -0.130. The van der Waals surface area contributed by atoms with Crippen LogP contribution in [0.5, 0.6) is 0 Å². The van der Waals surface area contributed by atoms with Crippen LogP contribution in [-0.4, -0.2) is 39.7 Å². The quantitative estimate of drug-likeness (QED) is 0.638. The lowest BCUT2D eigenvalue weighted by atomic mass is 10.1. The minimum atomic E-state index is -0.184. The highest BCUT2D eigenvalue weighted by atomic mass is 32.2. The van der Waals surface area contributed by atoms with Gasteiger partial charge in [-0.15, -0.1) is 0 Å². The summed E-state index contributed by atoms with van der Waals surface area (Å²) < 4.78 is 1.47. The normalized spacial score (nSPS) is 14.2. The van der Waals surface area contributed by atoms with Gasteiger partial charge in [-0.05, 0) is 19.1 Å². The molecule has 0 spiro atoms. The van der Waals surface area contributed by atoms with Gasteiger partial charge in [-0.25, -0.2) is 4.98 Å². The zero-order valence-corrected chi connectivity index (χ0v) is 13.9. The Hall–Kier alpha value is -2.08. The van der Waals surface area contributed by atoms with Crippen LogP contribution in [0.3, 0.4) is 0 Å². The van der Waals surface area contributed by atoms with E-state index in [4.69, 9.17) is 0 Å². The van der Waals surface area contributed by atoms with E-state index < -0.39 is 0 Å². The van der Waals surface area contributed by atoms with Crippen molar-refractivity contribution in [1.82, 2.24) is 14.5 Å². The van der Waals surface area contributed by atoms with Gasteiger partial charge in [0.05, 0.1) is 5.69 Å². The second-order valence-corrected chi connectivity index (χ2v) is 6.28. The number of amides is 1. The van der Waals surface area contributed by atoms with E-state index in [9.17, 15) is 9.59 Å². The first-order chi connectivity index (χ1) is 11.2. The van der Waals surface area contributed by atoms with E-state index in [1.165, 1.54) is 22.4 Å². The van der Waals surface area contributed by atoms with E-state index in [1.807, 2.05) is 41.5 Å². The zero-order valence-electron chi connectivity index (χ0n) is 13.1. The Morgan fingerprint density at radius 1 is 1.22 bits per heavy atom. The molecule has 1 aliphatic rings. The van der Waals surface area contributed by atoms with Crippen LogP contribution in [-0.2, 0) is 11.3 Å². The van der Waals surface area contributed by atoms with Gasteiger partial charge in [0.2, 0.25) is 5.91 Å². The van der Waals surface area contributed by atoms with E-state index in [1.54, 1.807) is 0 Å². The van der Waals surface area contributed by atoms with Crippen molar-refractivity contribution in [3.63, 3.8) is 0 Å². The molecule has 0 saturated carbocycles. The number of aromatic nitrogens is 2. The maximum absolute atomic E-state index is 12.5. The van der Waals surface area contributed by atoms with E-state index in [0.29, 0.717) is 10.9 Å². The second-order valence-electron chi connectivity index (χ2n) is 5.51. The maximum Gasteiger partial charge on any atom is 0.255 e. The van der Waals surface area contributed by atoms with Gasteiger partial charge in [-0.2, -0.15) is 0 Å². The molecule has 0 atom stereocenters. The van der Waals surface area contributed by atoms with Crippen LogP contribution in [0.4, 0.5) is 0 Å². The summed E-state index contributed by atoms with van der Waals surface area (Å²) in [4.78, 5) is 31.2. The third kappa shape index (κ3) is 3.47. The highest BCUT2D eigenvalue weighted by Gasteiger charge is 2.20. The van der Waals surface area contributed by atoms with Gasteiger partial charge in [-0.1, -0.05) is 42.1 Å². The molecule has 1 aliphatic heterocycles. The Bertz CT molecular complexity index is 752. The Morgan fingerprint density at radius 3 is 2.57 bits per heavy atom. The van der Waals surface area contributed by atoms with Gasteiger partial charge in [0.1, 0.15) is 6.54 Å². The Morgan fingerprint density at radius 2 is 1.91 bits per heavy atom. The van der Waals surface area contributed by atoms with E-state index in [-0.39, 0.29) is 18.0 Å². The maximum atomic E-state index is 12.5. The first-order valence-electron chi connectivity index (χ1n) is 7.68. The molecule has 1 aromatic heterocycles. The minimum absolute atomic E-state index is 0.00541. The van der Waals surface area contributed by atoms with Gasteiger partial charge in [-0.3, -0.25) is 14.2 Å². The third-order valence-corrected chi connectivity index (χ3v) is 4.65. The number of hydrogen-bond acceptors (Lipinski definition) is 4. The molecule has 1 fully saturated rings. The number of nitrogens with zero attached hydrogens (tertiary/aromatic N) is 3. The Kier molecular flexibility index (Phi) is 4.81. The SMILES string of the molecule is CSc1nc(-c2ccccc2)cc(=O)n1CC(=O)N1CCCC1. The predicted molar refractivity (Wildman–Crippen MR) is 91.5 cm³/mol. The molecule has 5 nitrogen and oxygen atoms in total. The summed E-state index contributed by atoms with van der Waals surface area (Å²) >= 11 is 1.38. The molecule has 0 N–H and O–H groups in total. The summed E-state index contributed by atoms with van der Waals surface area (Å²) in [5, 5.41) is 0.573. The van der Waals surface area contributed by atoms with Crippen molar-refractivity contribution in [2.24, 2.45) is 0 Å². The molecule has 6 heteroatoms. The zero-order chi connectivity index (χ0) is 16.2. The molecule has 0 aliphatic carbocycles. The molecule has 120 valence electrons.